The van der Waals surface area contributed by atoms with Gasteiger partial charge in [0.1, 0.15) is 0 Å². The van der Waals surface area contributed by atoms with Crippen LogP contribution in [0.1, 0.15) is 27.7 Å². The molecule has 0 aromatic carbocycles. The van der Waals surface area contributed by atoms with Gasteiger partial charge in [0.25, 0.3) is 0 Å². The van der Waals surface area contributed by atoms with Crippen LogP contribution < -0.4 is 4.72 Å². The number of alkyl halides is 1. The van der Waals surface area contributed by atoms with E-state index >= 15 is 0 Å². The molecule has 98 valence electrons. The van der Waals surface area contributed by atoms with E-state index < -0.39 is 10.0 Å². The molecule has 2 unspecified atom stereocenters. The Labute approximate surface area is 104 Å². The van der Waals surface area contributed by atoms with Crippen molar-refractivity contribution in [1.29, 1.82) is 0 Å². The number of rotatable bonds is 8. The minimum Gasteiger partial charge on any atom is -0.378 e. The largest absolute Gasteiger partial charge is 0.378 e. The first-order valence-corrected chi connectivity index (χ1v) is 7.64. The van der Waals surface area contributed by atoms with Crippen LogP contribution >= 0.6 is 11.6 Å². The van der Waals surface area contributed by atoms with E-state index in [1.165, 1.54) is 0 Å². The highest BCUT2D eigenvalue weighted by Gasteiger charge is 2.18. The Balaban J connectivity index is 4.05. The van der Waals surface area contributed by atoms with Gasteiger partial charge in [-0.1, -0.05) is 6.92 Å². The fourth-order valence-corrected chi connectivity index (χ4v) is 2.48. The molecule has 0 radical (unpaired) electrons. The summed E-state index contributed by atoms with van der Waals surface area (Å²) >= 11 is 5.66. The summed E-state index contributed by atoms with van der Waals surface area (Å²) in [6.45, 7) is 7.68. The van der Waals surface area contributed by atoms with Gasteiger partial charge in [0.05, 0.1) is 18.5 Å². The summed E-state index contributed by atoms with van der Waals surface area (Å²) in [5.74, 6) is 0.541. The van der Waals surface area contributed by atoms with Gasteiger partial charge in [-0.15, -0.1) is 11.6 Å². The Bertz CT molecular complexity index is 280. The van der Waals surface area contributed by atoms with E-state index in [0.717, 1.165) is 0 Å². The van der Waals surface area contributed by atoms with E-state index in [0.29, 0.717) is 5.88 Å². The summed E-state index contributed by atoms with van der Waals surface area (Å²) in [4.78, 5) is 0. The van der Waals surface area contributed by atoms with E-state index in [1.807, 2.05) is 27.7 Å². The smallest absolute Gasteiger partial charge is 0.214 e. The van der Waals surface area contributed by atoms with E-state index in [1.54, 1.807) is 0 Å². The predicted octanol–water partition coefficient (Wildman–Crippen LogP) is 1.59. The Morgan fingerprint density at radius 2 is 1.81 bits per heavy atom. The van der Waals surface area contributed by atoms with Crippen molar-refractivity contribution >= 4 is 21.6 Å². The predicted molar refractivity (Wildman–Crippen MR) is 67.4 cm³/mol. The van der Waals surface area contributed by atoms with Crippen LogP contribution in [0.15, 0.2) is 0 Å². The molecule has 1 N–H and O–H groups in total. The maximum atomic E-state index is 11.6. The van der Waals surface area contributed by atoms with Gasteiger partial charge < -0.3 is 4.74 Å². The second kappa shape index (κ2) is 7.48. The maximum Gasteiger partial charge on any atom is 0.214 e. The van der Waals surface area contributed by atoms with Crippen LogP contribution in [0, 0.1) is 5.92 Å². The van der Waals surface area contributed by atoms with Crippen LogP contribution in [0.3, 0.4) is 0 Å². The number of halogens is 1. The molecule has 16 heavy (non-hydrogen) atoms. The Kier molecular flexibility index (Phi) is 7.55. The van der Waals surface area contributed by atoms with Gasteiger partial charge in [0, 0.05) is 11.9 Å². The monoisotopic (exact) mass is 271 g/mol. The third-order valence-electron chi connectivity index (χ3n) is 2.27. The highest BCUT2D eigenvalue weighted by molar-refractivity contribution is 7.89. The standard InChI is InChI=1S/C10H22ClNO3S/c1-8(2)15-5-6-16(13,14)12-10(4)9(3)7-11/h8-10,12H,5-7H2,1-4H3. The molecule has 0 heterocycles. The van der Waals surface area contributed by atoms with E-state index in [9.17, 15) is 8.42 Å². The van der Waals surface area contributed by atoms with Crippen molar-refractivity contribution in [2.75, 3.05) is 18.2 Å². The van der Waals surface area contributed by atoms with Gasteiger partial charge in [0.15, 0.2) is 0 Å². The van der Waals surface area contributed by atoms with Crippen LogP contribution in [0.4, 0.5) is 0 Å². The molecule has 0 saturated carbocycles. The molecule has 0 spiro atoms. The van der Waals surface area contributed by atoms with Gasteiger partial charge in [0.2, 0.25) is 10.0 Å². The number of hydrogen-bond donors (Lipinski definition) is 1. The molecule has 4 nitrogen and oxygen atoms in total. The van der Waals surface area contributed by atoms with Crippen molar-refractivity contribution in [2.45, 2.75) is 39.8 Å². The lowest BCUT2D eigenvalue weighted by Gasteiger charge is -2.19. The molecular formula is C10H22ClNO3S. The van der Waals surface area contributed by atoms with Gasteiger partial charge in [-0.05, 0) is 26.7 Å². The first-order chi connectivity index (χ1) is 7.28. The number of ether oxygens (including phenoxy) is 1. The molecule has 0 saturated heterocycles. The molecule has 0 aromatic heterocycles. The van der Waals surface area contributed by atoms with Gasteiger partial charge >= 0.3 is 0 Å². The fraction of sp³-hybridized carbons (Fsp3) is 1.00. The fourth-order valence-electron chi connectivity index (χ4n) is 0.985. The van der Waals surface area contributed by atoms with E-state index in [4.69, 9.17) is 16.3 Å². The molecule has 0 aliphatic heterocycles. The SMILES string of the molecule is CC(C)OCCS(=O)(=O)NC(C)C(C)CCl. The third-order valence-corrected chi connectivity index (χ3v) is 4.19. The summed E-state index contributed by atoms with van der Waals surface area (Å²) in [5.41, 5.74) is 0. The molecule has 0 fully saturated rings. The molecule has 0 rings (SSSR count). The van der Waals surface area contributed by atoms with Crippen molar-refractivity contribution < 1.29 is 13.2 Å². The van der Waals surface area contributed by atoms with Crippen LogP contribution in [0.5, 0.6) is 0 Å². The number of sulfonamides is 1. The Morgan fingerprint density at radius 3 is 2.25 bits per heavy atom. The van der Waals surface area contributed by atoms with Crippen LogP contribution in [-0.2, 0) is 14.8 Å². The minimum atomic E-state index is -3.27. The first kappa shape index (κ1) is 16.2. The van der Waals surface area contributed by atoms with Crippen LogP contribution in [-0.4, -0.2) is 38.8 Å². The highest BCUT2D eigenvalue weighted by Crippen LogP contribution is 2.06. The molecule has 2 atom stereocenters. The lowest BCUT2D eigenvalue weighted by Crippen LogP contribution is -2.39. The third kappa shape index (κ3) is 7.44. The second-order valence-electron chi connectivity index (χ2n) is 4.28. The summed E-state index contributed by atoms with van der Waals surface area (Å²) in [6.07, 6.45) is 0.0504. The van der Waals surface area contributed by atoms with Gasteiger partial charge in [-0.2, -0.15) is 0 Å². The summed E-state index contributed by atoms with van der Waals surface area (Å²) in [5, 5.41) is 0. The number of nitrogens with one attached hydrogen (secondary N) is 1. The lowest BCUT2D eigenvalue weighted by molar-refractivity contribution is 0.0911. The first-order valence-electron chi connectivity index (χ1n) is 5.46. The average Bonchev–Trinajstić information content (AvgIpc) is 2.14. The normalized spacial score (nSPS) is 16.4. The van der Waals surface area contributed by atoms with Crippen molar-refractivity contribution in [2.24, 2.45) is 5.92 Å². The van der Waals surface area contributed by atoms with Crippen molar-refractivity contribution in [3.05, 3.63) is 0 Å². The molecule has 0 aromatic rings. The molecule has 6 heteroatoms. The topological polar surface area (TPSA) is 55.4 Å². The van der Waals surface area contributed by atoms with Gasteiger partial charge in [-0.25, -0.2) is 13.1 Å². The van der Waals surface area contributed by atoms with Crippen molar-refractivity contribution in [3.8, 4) is 0 Å². The Hall–Kier alpha value is 0.160. The average molecular weight is 272 g/mol. The summed E-state index contributed by atoms with van der Waals surface area (Å²) in [7, 11) is -3.27. The summed E-state index contributed by atoms with van der Waals surface area (Å²) < 4.78 is 31.0. The molecule has 0 amide bonds. The zero-order chi connectivity index (χ0) is 12.8. The maximum absolute atomic E-state index is 11.6. The molecule has 0 bridgehead atoms. The lowest BCUT2D eigenvalue weighted by atomic mass is 10.1. The zero-order valence-corrected chi connectivity index (χ0v) is 11.9. The summed E-state index contributed by atoms with van der Waals surface area (Å²) in [6, 6.07) is -0.151. The second-order valence-corrected chi connectivity index (χ2v) is 6.46. The van der Waals surface area contributed by atoms with Crippen molar-refractivity contribution in [1.82, 2.24) is 4.72 Å². The highest BCUT2D eigenvalue weighted by atomic mass is 35.5. The van der Waals surface area contributed by atoms with Crippen LogP contribution in [0.2, 0.25) is 0 Å². The molecular weight excluding hydrogens is 250 g/mol. The van der Waals surface area contributed by atoms with E-state index in [2.05, 4.69) is 4.72 Å². The quantitative estimate of drug-likeness (QED) is 0.682. The van der Waals surface area contributed by atoms with Gasteiger partial charge in [-0.3, -0.25) is 0 Å². The van der Waals surface area contributed by atoms with Crippen LogP contribution in [0.25, 0.3) is 0 Å². The number of hydrogen-bond acceptors (Lipinski definition) is 3. The molecule has 0 aliphatic rings. The van der Waals surface area contributed by atoms with E-state index in [-0.39, 0.29) is 30.4 Å². The zero-order valence-electron chi connectivity index (χ0n) is 10.4. The molecule has 0 aliphatic carbocycles. The minimum absolute atomic E-state index is 0.00940. The Morgan fingerprint density at radius 1 is 1.25 bits per heavy atom. The van der Waals surface area contributed by atoms with Crippen molar-refractivity contribution in [3.63, 3.8) is 0 Å².